The molecule has 1 unspecified atom stereocenters. The minimum Gasteiger partial charge on any atom is -0.367 e. The molecule has 0 aromatic carbocycles. The smallest absolute Gasteiger partial charge is 0.367 e. The Labute approximate surface area is 207 Å². The van der Waals surface area contributed by atoms with E-state index < -0.39 is 48.6 Å². The fourth-order valence-corrected chi connectivity index (χ4v) is 5.09. The van der Waals surface area contributed by atoms with Crippen LogP contribution in [0.5, 0.6) is 0 Å². The second-order valence-electron chi connectivity index (χ2n) is 8.78. The second-order valence-corrected chi connectivity index (χ2v) is 9.98. The number of piperidine rings is 1. The maximum Gasteiger partial charge on any atom is 0.434 e. The van der Waals surface area contributed by atoms with Crippen LogP contribution in [-0.2, 0) is 6.18 Å². The lowest BCUT2D eigenvalue weighted by atomic mass is 9.88. The number of nitrogens with one attached hydrogen (secondary N) is 1. The van der Waals surface area contributed by atoms with Crippen LogP contribution in [-0.4, -0.2) is 55.8 Å². The Hall–Kier alpha value is -3.22. The summed E-state index contributed by atoms with van der Waals surface area (Å²) in [5.74, 6) is -4.34. The molecule has 2 atom stereocenters. The molecule has 7 nitrogen and oxygen atoms in total. The summed E-state index contributed by atoms with van der Waals surface area (Å²) >= 11 is 1.25. The van der Waals surface area contributed by atoms with E-state index in [9.17, 15) is 26.7 Å². The molecular weight excluding hydrogens is 503 g/mol. The molecule has 0 bridgehead atoms. The summed E-state index contributed by atoms with van der Waals surface area (Å²) in [7, 11) is 0. The average Bonchev–Trinajstić information content (AvgIpc) is 3.18. The number of rotatable bonds is 5. The molecule has 3 aromatic heterocycles. The van der Waals surface area contributed by atoms with E-state index in [0.29, 0.717) is 21.8 Å². The van der Waals surface area contributed by atoms with Crippen LogP contribution < -0.4 is 5.32 Å². The van der Waals surface area contributed by atoms with Crippen LogP contribution in [0.1, 0.15) is 40.2 Å². The van der Waals surface area contributed by atoms with Gasteiger partial charge < -0.3 is 10.2 Å². The predicted molar refractivity (Wildman–Crippen MR) is 124 cm³/mol. The molecule has 0 spiro atoms. The molecule has 0 saturated carbocycles. The standard InChI is InChI=1S/C23H23F5N6OS/c1-12-7-22(24,25)11-34(16(12)8-30-18-10-29-17(9-31-18)23(26,27)28)21(35)19-20(36-14(3)33-19)15-6-4-5-13(2)32-15/h4-6,9-10,12,16H,7-8,11H2,1-3H3,(H,30,31)/t12-,16?/m1/s1. The third-order valence-corrected chi connectivity index (χ3v) is 6.83. The van der Waals surface area contributed by atoms with Crippen LogP contribution >= 0.6 is 11.3 Å². The number of thiazole rings is 1. The maximum absolute atomic E-state index is 14.6. The van der Waals surface area contributed by atoms with Crippen molar-refractivity contribution in [3.05, 3.63) is 52.7 Å². The van der Waals surface area contributed by atoms with Crippen LogP contribution in [0.4, 0.5) is 27.8 Å². The monoisotopic (exact) mass is 526 g/mol. The van der Waals surface area contributed by atoms with E-state index in [-0.39, 0.29) is 18.1 Å². The lowest BCUT2D eigenvalue weighted by molar-refractivity contribution is -0.141. The molecule has 1 amide bonds. The summed E-state index contributed by atoms with van der Waals surface area (Å²) in [4.78, 5) is 31.1. The van der Waals surface area contributed by atoms with Gasteiger partial charge in [0.15, 0.2) is 5.69 Å². The van der Waals surface area contributed by atoms with Crippen LogP contribution in [0.15, 0.2) is 30.6 Å². The molecule has 1 N–H and O–H groups in total. The van der Waals surface area contributed by atoms with Crippen molar-refractivity contribution < 1.29 is 26.7 Å². The lowest BCUT2D eigenvalue weighted by Crippen LogP contribution is -2.57. The molecule has 36 heavy (non-hydrogen) atoms. The van der Waals surface area contributed by atoms with Gasteiger partial charge in [-0.1, -0.05) is 13.0 Å². The van der Waals surface area contributed by atoms with Crippen molar-refractivity contribution in [3.8, 4) is 10.6 Å². The highest BCUT2D eigenvalue weighted by atomic mass is 32.1. The molecule has 13 heteroatoms. The maximum atomic E-state index is 14.6. The molecule has 192 valence electrons. The minimum atomic E-state index is -4.63. The van der Waals surface area contributed by atoms with Crippen molar-refractivity contribution in [2.75, 3.05) is 18.4 Å². The molecule has 1 fully saturated rings. The number of hydrogen-bond donors (Lipinski definition) is 1. The van der Waals surface area contributed by atoms with Crippen LogP contribution in [0.3, 0.4) is 0 Å². The number of likely N-dealkylation sites (tertiary alicyclic amines) is 1. The van der Waals surface area contributed by atoms with Gasteiger partial charge in [0.25, 0.3) is 11.8 Å². The van der Waals surface area contributed by atoms with E-state index >= 15 is 0 Å². The molecule has 1 aliphatic rings. The first kappa shape index (κ1) is 25.9. The number of pyridine rings is 1. The van der Waals surface area contributed by atoms with Crippen molar-refractivity contribution in [1.82, 2.24) is 24.8 Å². The van der Waals surface area contributed by atoms with Gasteiger partial charge in [-0.3, -0.25) is 9.78 Å². The Bertz CT molecular complexity index is 1250. The zero-order valence-electron chi connectivity index (χ0n) is 19.6. The van der Waals surface area contributed by atoms with Gasteiger partial charge in [-0.25, -0.2) is 23.7 Å². The Morgan fingerprint density at radius 2 is 1.94 bits per heavy atom. The summed E-state index contributed by atoms with van der Waals surface area (Å²) in [5.41, 5.74) is 0.150. The first-order valence-electron chi connectivity index (χ1n) is 11.1. The number of aryl methyl sites for hydroxylation is 2. The van der Waals surface area contributed by atoms with Crippen molar-refractivity contribution >= 4 is 23.1 Å². The first-order valence-corrected chi connectivity index (χ1v) is 11.9. The second kappa shape index (κ2) is 9.68. The highest BCUT2D eigenvalue weighted by molar-refractivity contribution is 7.15. The van der Waals surface area contributed by atoms with E-state index in [4.69, 9.17) is 0 Å². The molecule has 0 radical (unpaired) electrons. The van der Waals surface area contributed by atoms with E-state index in [1.165, 1.54) is 11.3 Å². The van der Waals surface area contributed by atoms with Gasteiger partial charge in [0.05, 0.1) is 40.6 Å². The van der Waals surface area contributed by atoms with Crippen molar-refractivity contribution in [2.24, 2.45) is 5.92 Å². The van der Waals surface area contributed by atoms with Crippen LogP contribution in [0, 0.1) is 19.8 Å². The zero-order chi connectivity index (χ0) is 26.3. The number of amides is 1. The summed E-state index contributed by atoms with van der Waals surface area (Å²) < 4.78 is 67.4. The van der Waals surface area contributed by atoms with Crippen molar-refractivity contribution in [2.45, 2.75) is 45.3 Å². The number of carbonyl (C=O) groups is 1. The van der Waals surface area contributed by atoms with E-state index in [0.717, 1.165) is 16.8 Å². The average molecular weight is 527 g/mol. The van der Waals surface area contributed by atoms with Gasteiger partial charge in [-0.15, -0.1) is 11.3 Å². The summed E-state index contributed by atoms with van der Waals surface area (Å²) in [6.45, 7) is 4.31. The third kappa shape index (κ3) is 5.61. The van der Waals surface area contributed by atoms with E-state index in [1.54, 1.807) is 39.0 Å². The minimum absolute atomic E-state index is 0.00974. The number of halogens is 5. The lowest BCUT2D eigenvalue weighted by Gasteiger charge is -2.43. The Kier molecular flexibility index (Phi) is 6.95. The van der Waals surface area contributed by atoms with Gasteiger partial charge in [0.2, 0.25) is 0 Å². The van der Waals surface area contributed by atoms with E-state index in [2.05, 4.69) is 25.3 Å². The Morgan fingerprint density at radius 3 is 2.58 bits per heavy atom. The molecule has 0 aliphatic carbocycles. The fourth-order valence-electron chi connectivity index (χ4n) is 4.21. The highest BCUT2D eigenvalue weighted by Crippen LogP contribution is 2.37. The normalized spacial score (nSPS) is 19.8. The van der Waals surface area contributed by atoms with Crippen molar-refractivity contribution in [1.29, 1.82) is 0 Å². The molecule has 4 heterocycles. The van der Waals surface area contributed by atoms with Gasteiger partial charge in [0, 0.05) is 18.7 Å². The number of hydrogen-bond acceptors (Lipinski definition) is 7. The molecule has 4 rings (SSSR count). The highest BCUT2D eigenvalue weighted by Gasteiger charge is 2.47. The molecule has 1 saturated heterocycles. The molecule has 1 aliphatic heterocycles. The summed E-state index contributed by atoms with van der Waals surface area (Å²) in [6, 6.07) is 4.63. The number of anilines is 1. The first-order chi connectivity index (χ1) is 16.8. The third-order valence-electron chi connectivity index (χ3n) is 5.83. The summed E-state index contributed by atoms with van der Waals surface area (Å²) in [6.07, 6.45) is -3.57. The Morgan fingerprint density at radius 1 is 1.19 bits per heavy atom. The fraction of sp³-hybridized carbons (Fsp3) is 0.435. The van der Waals surface area contributed by atoms with Crippen LogP contribution in [0.2, 0.25) is 0 Å². The van der Waals surface area contributed by atoms with Gasteiger partial charge in [-0.05, 0) is 31.9 Å². The number of alkyl halides is 5. The largest absolute Gasteiger partial charge is 0.434 e. The number of aromatic nitrogens is 4. The number of nitrogens with zero attached hydrogens (tertiary/aromatic N) is 5. The van der Waals surface area contributed by atoms with Gasteiger partial charge >= 0.3 is 6.18 Å². The Balaban J connectivity index is 1.61. The topological polar surface area (TPSA) is 83.9 Å². The van der Waals surface area contributed by atoms with E-state index in [1.807, 2.05) is 0 Å². The van der Waals surface area contributed by atoms with Crippen LogP contribution in [0.25, 0.3) is 10.6 Å². The van der Waals surface area contributed by atoms with Gasteiger partial charge in [0.1, 0.15) is 11.5 Å². The van der Waals surface area contributed by atoms with Crippen molar-refractivity contribution in [3.63, 3.8) is 0 Å². The van der Waals surface area contributed by atoms with Gasteiger partial charge in [-0.2, -0.15) is 13.2 Å². The summed E-state index contributed by atoms with van der Waals surface area (Å²) in [5, 5.41) is 3.42. The number of carbonyl (C=O) groups excluding carboxylic acids is 1. The SMILES string of the molecule is Cc1cccc(-c2sc(C)nc2C(=O)N2CC(F)(F)C[C@@H](C)C2CNc2cnc(C(F)(F)F)cn2)n1. The quantitative estimate of drug-likeness (QED) is 0.459. The predicted octanol–water partition coefficient (Wildman–Crippen LogP) is 5.23. The zero-order valence-corrected chi connectivity index (χ0v) is 20.4. The molecular formula is C23H23F5N6OS. The molecule has 3 aromatic rings.